The van der Waals surface area contributed by atoms with Gasteiger partial charge in [0.2, 0.25) is 17.7 Å². The molecule has 0 aromatic carbocycles. The molecule has 0 aliphatic heterocycles. The Hall–Kier alpha value is -3.03. The third-order valence-corrected chi connectivity index (χ3v) is 5.30. The number of aliphatic hydroxyl groups excluding tert-OH is 1. The maximum atomic E-state index is 13.1. The van der Waals surface area contributed by atoms with Crippen LogP contribution in [0.1, 0.15) is 52.1 Å². The van der Waals surface area contributed by atoms with Crippen LogP contribution < -0.4 is 27.4 Å². The third kappa shape index (κ3) is 10.8. The van der Waals surface area contributed by atoms with Crippen molar-refractivity contribution in [3.05, 3.63) is 18.2 Å². The Morgan fingerprint density at radius 2 is 1.66 bits per heavy atom. The Bertz CT molecular complexity index is 815. The van der Waals surface area contributed by atoms with Crippen LogP contribution in [0.4, 0.5) is 0 Å². The zero-order chi connectivity index (χ0) is 26.5. The molecule has 0 fully saturated rings. The van der Waals surface area contributed by atoms with Crippen molar-refractivity contribution in [2.45, 2.75) is 83.1 Å². The molecule has 13 nitrogen and oxygen atoms in total. The highest BCUT2D eigenvalue weighted by Gasteiger charge is 2.32. The van der Waals surface area contributed by atoms with Crippen LogP contribution >= 0.6 is 0 Å². The number of carbonyl (C=O) groups excluding carboxylic acids is 3. The first-order chi connectivity index (χ1) is 16.5. The van der Waals surface area contributed by atoms with E-state index in [2.05, 4.69) is 25.9 Å². The molecule has 0 bridgehead atoms. The molecular formula is C22H39N7O6. The first-order valence-electron chi connectivity index (χ1n) is 11.7. The largest absolute Gasteiger partial charge is 0.480 e. The van der Waals surface area contributed by atoms with Gasteiger partial charge >= 0.3 is 5.97 Å². The number of nitrogens with zero attached hydrogens (tertiary/aromatic N) is 1. The van der Waals surface area contributed by atoms with E-state index in [0.717, 1.165) is 6.42 Å². The summed E-state index contributed by atoms with van der Waals surface area (Å²) in [5.41, 5.74) is 11.9. The van der Waals surface area contributed by atoms with E-state index in [0.29, 0.717) is 25.1 Å². The number of aliphatic carboxylic acids is 1. The van der Waals surface area contributed by atoms with Crippen molar-refractivity contribution < 1.29 is 29.4 Å². The van der Waals surface area contributed by atoms with Crippen molar-refractivity contribution in [1.29, 1.82) is 0 Å². The molecule has 198 valence electrons. The van der Waals surface area contributed by atoms with E-state index in [4.69, 9.17) is 11.5 Å². The molecule has 1 aromatic rings. The number of nitrogens with two attached hydrogens (primary N) is 2. The molecule has 3 amide bonds. The molecule has 5 unspecified atom stereocenters. The Kier molecular flexibility index (Phi) is 12.9. The fourth-order valence-corrected chi connectivity index (χ4v) is 3.36. The molecule has 0 saturated heterocycles. The number of unbranched alkanes of at least 4 members (excludes halogenated alkanes) is 1. The van der Waals surface area contributed by atoms with E-state index < -0.39 is 54.0 Å². The summed E-state index contributed by atoms with van der Waals surface area (Å²) in [7, 11) is 0. The van der Waals surface area contributed by atoms with Crippen molar-refractivity contribution >= 4 is 23.7 Å². The summed E-state index contributed by atoms with van der Waals surface area (Å²) < 4.78 is 0. The summed E-state index contributed by atoms with van der Waals surface area (Å²) in [5.74, 6) is -3.31. The van der Waals surface area contributed by atoms with Crippen LogP contribution in [0.25, 0.3) is 0 Å². The minimum atomic E-state index is -1.57. The molecule has 1 rings (SSSR count). The lowest BCUT2D eigenvalue weighted by Gasteiger charge is -2.26. The van der Waals surface area contributed by atoms with Crippen LogP contribution in [-0.4, -0.2) is 80.7 Å². The predicted molar refractivity (Wildman–Crippen MR) is 128 cm³/mol. The molecule has 0 radical (unpaired) electrons. The number of hydrogen-bond acceptors (Lipinski definition) is 8. The fourth-order valence-electron chi connectivity index (χ4n) is 3.36. The highest BCUT2D eigenvalue weighted by Crippen LogP contribution is 2.08. The number of aromatic nitrogens is 2. The average molecular weight is 498 g/mol. The zero-order valence-corrected chi connectivity index (χ0v) is 20.5. The Labute approximate surface area is 204 Å². The molecule has 0 aliphatic rings. The minimum absolute atomic E-state index is 0.0231. The van der Waals surface area contributed by atoms with Crippen molar-refractivity contribution in [2.75, 3.05) is 6.54 Å². The monoisotopic (exact) mass is 497 g/mol. The number of hydrogen-bond donors (Lipinski definition) is 8. The number of aliphatic hydroxyl groups is 1. The van der Waals surface area contributed by atoms with Gasteiger partial charge in [-0.3, -0.25) is 14.4 Å². The molecule has 10 N–H and O–H groups in total. The Morgan fingerprint density at radius 3 is 2.17 bits per heavy atom. The zero-order valence-electron chi connectivity index (χ0n) is 20.5. The summed E-state index contributed by atoms with van der Waals surface area (Å²) in [5, 5.41) is 26.5. The number of imidazole rings is 1. The summed E-state index contributed by atoms with van der Waals surface area (Å²) >= 11 is 0. The minimum Gasteiger partial charge on any atom is -0.480 e. The van der Waals surface area contributed by atoms with Gasteiger partial charge < -0.3 is 42.6 Å². The van der Waals surface area contributed by atoms with Gasteiger partial charge in [-0.1, -0.05) is 20.3 Å². The van der Waals surface area contributed by atoms with Gasteiger partial charge in [0.1, 0.15) is 12.1 Å². The lowest BCUT2D eigenvalue weighted by atomic mass is 10.0. The normalized spacial score (nSPS) is 15.5. The van der Waals surface area contributed by atoms with E-state index in [-0.39, 0.29) is 18.8 Å². The van der Waals surface area contributed by atoms with Crippen molar-refractivity contribution in [1.82, 2.24) is 25.9 Å². The van der Waals surface area contributed by atoms with Gasteiger partial charge in [-0.05, 0) is 38.6 Å². The van der Waals surface area contributed by atoms with Gasteiger partial charge in [-0.2, -0.15) is 0 Å². The van der Waals surface area contributed by atoms with Gasteiger partial charge in [0.25, 0.3) is 0 Å². The Morgan fingerprint density at radius 1 is 1.03 bits per heavy atom. The van der Waals surface area contributed by atoms with Crippen molar-refractivity contribution in [3.63, 3.8) is 0 Å². The fraction of sp³-hybridized carbons (Fsp3) is 0.682. The molecular weight excluding hydrogens is 458 g/mol. The molecule has 0 aliphatic carbocycles. The van der Waals surface area contributed by atoms with Gasteiger partial charge in [0.05, 0.1) is 18.5 Å². The molecule has 13 heteroatoms. The van der Waals surface area contributed by atoms with Gasteiger partial charge in [-0.25, -0.2) is 9.78 Å². The smallest absolute Gasteiger partial charge is 0.328 e. The van der Waals surface area contributed by atoms with Crippen LogP contribution in [0, 0.1) is 5.92 Å². The molecule has 1 heterocycles. The number of rotatable bonds is 16. The number of H-pyrrole nitrogens is 1. The van der Waals surface area contributed by atoms with Crippen molar-refractivity contribution in [2.24, 2.45) is 17.4 Å². The molecule has 35 heavy (non-hydrogen) atoms. The first kappa shape index (κ1) is 30.0. The van der Waals surface area contributed by atoms with Crippen LogP contribution in [0.15, 0.2) is 12.5 Å². The predicted octanol–water partition coefficient (Wildman–Crippen LogP) is -1.63. The number of aromatic amines is 1. The van der Waals surface area contributed by atoms with Gasteiger partial charge in [-0.15, -0.1) is 0 Å². The standard InChI is InChI=1S/C22H39N7O6/c1-12(2)8-16(27-19(31)15(24)6-4-5-7-23)20(32)28-17(9-14-10-25-11-26-14)21(33)29-18(13(3)30)22(34)35/h10-13,15-18,30H,4-9,23-24H2,1-3H3,(H,25,26)(H,27,31)(H,28,32)(H,29,33)(H,34,35). The second-order valence-electron chi connectivity index (χ2n) is 8.99. The van der Waals surface area contributed by atoms with Crippen LogP contribution in [0.5, 0.6) is 0 Å². The van der Waals surface area contributed by atoms with Crippen molar-refractivity contribution in [3.8, 4) is 0 Å². The second-order valence-corrected chi connectivity index (χ2v) is 8.99. The maximum absolute atomic E-state index is 13.1. The van der Waals surface area contributed by atoms with Crippen LogP contribution in [0.2, 0.25) is 0 Å². The summed E-state index contributed by atoms with van der Waals surface area (Å²) in [4.78, 5) is 56.7. The summed E-state index contributed by atoms with van der Waals surface area (Å²) in [6.07, 6.45) is 3.58. The highest BCUT2D eigenvalue weighted by molar-refractivity contribution is 5.94. The Balaban J connectivity index is 3.01. The maximum Gasteiger partial charge on any atom is 0.328 e. The van der Waals surface area contributed by atoms with E-state index in [1.54, 1.807) is 0 Å². The topological polar surface area (TPSA) is 226 Å². The van der Waals surface area contributed by atoms with E-state index in [1.807, 2.05) is 13.8 Å². The molecule has 0 saturated carbocycles. The first-order valence-corrected chi connectivity index (χ1v) is 11.7. The average Bonchev–Trinajstić information content (AvgIpc) is 3.28. The molecule has 5 atom stereocenters. The van der Waals surface area contributed by atoms with Crippen LogP contribution in [-0.2, 0) is 25.6 Å². The van der Waals surface area contributed by atoms with E-state index in [1.165, 1.54) is 19.4 Å². The summed E-state index contributed by atoms with van der Waals surface area (Å²) in [6.45, 7) is 5.47. The summed E-state index contributed by atoms with van der Waals surface area (Å²) in [6, 6.07) is -4.54. The molecule has 1 aromatic heterocycles. The second kappa shape index (κ2) is 15.1. The quantitative estimate of drug-likeness (QED) is 0.123. The molecule has 0 spiro atoms. The van der Waals surface area contributed by atoms with Gasteiger partial charge in [0.15, 0.2) is 6.04 Å². The SMILES string of the molecule is CC(C)CC(NC(=O)C(N)CCCCN)C(=O)NC(Cc1cnc[nH]1)C(=O)NC(C(=O)O)C(C)O. The number of carbonyl (C=O) groups is 4. The highest BCUT2D eigenvalue weighted by atomic mass is 16.4. The van der Waals surface area contributed by atoms with E-state index in [9.17, 15) is 29.4 Å². The number of carboxylic acid groups (broad SMARTS) is 1. The third-order valence-electron chi connectivity index (χ3n) is 5.30. The van der Waals surface area contributed by atoms with Gasteiger partial charge in [0, 0.05) is 18.3 Å². The van der Waals surface area contributed by atoms with E-state index >= 15 is 0 Å². The lowest BCUT2D eigenvalue weighted by molar-refractivity contribution is -0.145. The number of nitrogens with one attached hydrogen (secondary N) is 4. The lowest BCUT2D eigenvalue weighted by Crippen LogP contribution is -2.59. The van der Waals surface area contributed by atoms with Crippen LogP contribution in [0.3, 0.4) is 0 Å². The number of amides is 3. The number of carboxylic acids is 1.